The van der Waals surface area contributed by atoms with Gasteiger partial charge < -0.3 is 14.9 Å². The molecule has 202 valence electrons. The molecule has 0 saturated heterocycles. The number of rotatable bonds is 12. The number of benzene rings is 1. The van der Waals surface area contributed by atoms with E-state index in [2.05, 4.69) is 0 Å². The zero-order valence-electron chi connectivity index (χ0n) is 22.2. The zero-order chi connectivity index (χ0) is 27.2. The topological polar surface area (TPSA) is 83.8 Å². The largest absolute Gasteiger partial charge is 0.463 e. The number of ether oxygens (including phenoxy) is 1. The molecule has 0 radical (unpaired) electrons. The summed E-state index contributed by atoms with van der Waals surface area (Å²) in [6, 6.07) is 8.00. The number of aliphatic hydroxyl groups excluding tert-OH is 2. The van der Waals surface area contributed by atoms with Gasteiger partial charge in [0.05, 0.1) is 28.7 Å². The van der Waals surface area contributed by atoms with E-state index in [1.165, 1.54) is 0 Å². The molecular formula is C30H39ClO5S. The van der Waals surface area contributed by atoms with E-state index in [4.69, 9.17) is 16.3 Å². The third-order valence-electron chi connectivity index (χ3n) is 7.04. The van der Waals surface area contributed by atoms with Gasteiger partial charge in [0.2, 0.25) is 0 Å². The Kier molecular flexibility index (Phi) is 10.5. The van der Waals surface area contributed by atoms with Crippen LogP contribution in [0.25, 0.3) is 10.1 Å². The van der Waals surface area contributed by atoms with E-state index in [0.29, 0.717) is 32.1 Å². The Balaban J connectivity index is 1.55. The second-order valence-corrected chi connectivity index (χ2v) is 12.2. The van der Waals surface area contributed by atoms with Crippen LogP contribution in [0, 0.1) is 17.3 Å². The van der Waals surface area contributed by atoms with Crippen LogP contribution in [0.1, 0.15) is 64.7 Å². The monoisotopic (exact) mass is 546 g/mol. The van der Waals surface area contributed by atoms with Gasteiger partial charge in [-0.2, -0.15) is 0 Å². The number of carbonyl (C=O) groups is 2. The SMILES string of the molecule is CC(C)OC(=O)CCCC=CC[C@H]1C(=O)C(C)(C)C(O)[C@@H]1C=CC(O)CCc1sc2ccccc2c1Cl. The number of esters is 1. The number of aliphatic hydroxyl groups is 2. The maximum Gasteiger partial charge on any atom is 0.306 e. The first kappa shape index (κ1) is 29.6. The van der Waals surface area contributed by atoms with Crippen LogP contribution in [0.2, 0.25) is 5.02 Å². The highest BCUT2D eigenvalue weighted by Gasteiger charge is 2.52. The van der Waals surface area contributed by atoms with Crippen LogP contribution in [-0.2, 0) is 20.7 Å². The molecule has 2 N–H and O–H groups in total. The summed E-state index contributed by atoms with van der Waals surface area (Å²) in [7, 11) is 0. The van der Waals surface area contributed by atoms with Gasteiger partial charge in [-0.25, -0.2) is 0 Å². The van der Waals surface area contributed by atoms with Crippen LogP contribution in [0.4, 0.5) is 0 Å². The van der Waals surface area contributed by atoms with Crippen molar-refractivity contribution in [2.75, 3.05) is 0 Å². The predicted octanol–water partition coefficient (Wildman–Crippen LogP) is 6.67. The molecule has 1 saturated carbocycles. The van der Waals surface area contributed by atoms with Gasteiger partial charge >= 0.3 is 5.97 Å². The Bertz CT molecular complexity index is 1130. The lowest BCUT2D eigenvalue weighted by molar-refractivity contribution is -0.147. The number of thiophene rings is 1. The van der Waals surface area contributed by atoms with Crippen LogP contribution < -0.4 is 0 Å². The molecule has 1 heterocycles. The van der Waals surface area contributed by atoms with E-state index in [1.54, 1.807) is 31.3 Å². The molecule has 1 aliphatic carbocycles. The highest BCUT2D eigenvalue weighted by Crippen LogP contribution is 2.45. The van der Waals surface area contributed by atoms with Gasteiger partial charge in [0, 0.05) is 33.2 Å². The van der Waals surface area contributed by atoms with Crippen LogP contribution in [0.3, 0.4) is 0 Å². The molecule has 1 aromatic heterocycles. The van der Waals surface area contributed by atoms with E-state index in [0.717, 1.165) is 26.4 Å². The molecule has 5 nitrogen and oxygen atoms in total. The van der Waals surface area contributed by atoms with Crippen LogP contribution in [0.5, 0.6) is 0 Å². The highest BCUT2D eigenvalue weighted by atomic mass is 35.5. The van der Waals surface area contributed by atoms with Gasteiger partial charge in [-0.3, -0.25) is 9.59 Å². The molecule has 0 spiro atoms. The van der Waals surface area contributed by atoms with E-state index < -0.39 is 17.6 Å². The van der Waals surface area contributed by atoms with Gasteiger partial charge in [0.15, 0.2) is 0 Å². The number of aryl methyl sites for hydroxylation is 1. The fourth-order valence-electron chi connectivity index (χ4n) is 4.91. The van der Waals surface area contributed by atoms with Crippen LogP contribution in [-0.4, -0.2) is 40.3 Å². The average Bonchev–Trinajstić information content (AvgIpc) is 3.25. The Morgan fingerprint density at radius 3 is 2.68 bits per heavy atom. The van der Waals surface area contributed by atoms with Crippen molar-refractivity contribution < 1.29 is 24.5 Å². The molecule has 0 aliphatic heterocycles. The first-order valence-corrected chi connectivity index (χ1v) is 14.3. The minimum absolute atomic E-state index is 0.0337. The number of Topliss-reactive ketones (excluding diaryl/α,β-unsaturated/α-hetero) is 1. The van der Waals surface area contributed by atoms with Crippen molar-refractivity contribution in [1.29, 1.82) is 0 Å². The van der Waals surface area contributed by atoms with Crippen molar-refractivity contribution >= 4 is 44.8 Å². The maximum absolute atomic E-state index is 13.1. The second kappa shape index (κ2) is 13.2. The molecule has 1 fully saturated rings. The average molecular weight is 547 g/mol. The van der Waals surface area contributed by atoms with Gasteiger partial charge in [0.1, 0.15) is 5.78 Å². The normalized spacial score (nSPS) is 22.6. The minimum atomic E-state index is -0.844. The molecule has 3 rings (SSSR count). The van der Waals surface area contributed by atoms with E-state index >= 15 is 0 Å². The molecule has 1 aliphatic rings. The Morgan fingerprint density at radius 2 is 1.97 bits per heavy atom. The van der Waals surface area contributed by atoms with Crippen molar-refractivity contribution in [2.45, 2.75) is 84.5 Å². The summed E-state index contributed by atoms with van der Waals surface area (Å²) in [4.78, 5) is 25.8. The van der Waals surface area contributed by atoms with Gasteiger partial charge in [0.25, 0.3) is 0 Å². The summed E-state index contributed by atoms with van der Waals surface area (Å²) in [5.41, 5.74) is -0.844. The number of carbonyl (C=O) groups excluding carboxylic acids is 2. The van der Waals surface area contributed by atoms with Crippen molar-refractivity contribution in [3.8, 4) is 0 Å². The van der Waals surface area contributed by atoms with Crippen molar-refractivity contribution in [3.63, 3.8) is 0 Å². The summed E-state index contributed by atoms with van der Waals surface area (Å²) in [6.07, 6.45) is 9.30. The number of halogens is 1. The van der Waals surface area contributed by atoms with Gasteiger partial charge in [-0.15, -0.1) is 11.3 Å². The number of allylic oxidation sites excluding steroid dienone is 2. The van der Waals surface area contributed by atoms with E-state index in [-0.39, 0.29) is 29.7 Å². The summed E-state index contributed by atoms with van der Waals surface area (Å²) in [5, 5.41) is 23.3. The molecule has 0 amide bonds. The van der Waals surface area contributed by atoms with E-state index in [1.807, 2.05) is 56.3 Å². The Morgan fingerprint density at radius 1 is 1.24 bits per heavy atom. The lowest BCUT2D eigenvalue weighted by Gasteiger charge is -2.22. The summed E-state index contributed by atoms with van der Waals surface area (Å²) in [6.45, 7) is 7.23. The number of hydrogen-bond donors (Lipinski definition) is 2. The molecule has 7 heteroatoms. The fraction of sp³-hybridized carbons (Fsp3) is 0.533. The zero-order valence-corrected chi connectivity index (χ0v) is 23.7. The first-order valence-electron chi connectivity index (χ1n) is 13.1. The third kappa shape index (κ3) is 7.53. The number of fused-ring (bicyclic) bond motifs is 1. The Hall–Kier alpha value is -1.99. The predicted molar refractivity (Wildman–Crippen MR) is 151 cm³/mol. The molecule has 4 atom stereocenters. The number of ketones is 1. The highest BCUT2D eigenvalue weighted by molar-refractivity contribution is 7.19. The third-order valence-corrected chi connectivity index (χ3v) is 8.81. The lowest BCUT2D eigenvalue weighted by Crippen LogP contribution is -2.31. The number of unbranched alkanes of at least 4 members (excludes halogenated alkanes) is 1. The summed E-state index contributed by atoms with van der Waals surface area (Å²) in [5.74, 6) is -0.882. The molecule has 0 bridgehead atoms. The maximum atomic E-state index is 13.1. The van der Waals surface area contributed by atoms with Crippen LogP contribution >= 0.6 is 22.9 Å². The lowest BCUT2D eigenvalue weighted by atomic mass is 9.86. The first-order chi connectivity index (χ1) is 17.5. The molecule has 2 unspecified atom stereocenters. The van der Waals surface area contributed by atoms with Crippen LogP contribution in [0.15, 0.2) is 48.6 Å². The second-order valence-electron chi connectivity index (χ2n) is 10.7. The number of hydrogen-bond acceptors (Lipinski definition) is 6. The summed E-state index contributed by atoms with van der Waals surface area (Å²) >= 11 is 8.18. The van der Waals surface area contributed by atoms with Gasteiger partial charge in [-0.1, -0.05) is 68.0 Å². The smallest absolute Gasteiger partial charge is 0.306 e. The fourth-order valence-corrected chi connectivity index (χ4v) is 6.45. The molecule has 37 heavy (non-hydrogen) atoms. The minimum Gasteiger partial charge on any atom is -0.463 e. The molecular weight excluding hydrogens is 508 g/mol. The Labute approximate surface area is 229 Å². The van der Waals surface area contributed by atoms with Gasteiger partial charge in [-0.05, 0) is 52.0 Å². The van der Waals surface area contributed by atoms with Crippen molar-refractivity contribution in [1.82, 2.24) is 0 Å². The van der Waals surface area contributed by atoms with E-state index in [9.17, 15) is 19.8 Å². The molecule has 1 aromatic carbocycles. The van der Waals surface area contributed by atoms with Crippen molar-refractivity contribution in [2.24, 2.45) is 17.3 Å². The summed E-state index contributed by atoms with van der Waals surface area (Å²) < 4.78 is 6.27. The molecule has 2 aromatic rings. The quantitative estimate of drug-likeness (QED) is 0.176. The standard InChI is InChI=1S/C30H39ClO5S/c1-19(2)36-26(33)14-8-6-5-7-11-21-22(29(35)30(3,4)28(21)34)17-15-20(32)16-18-25-27(31)23-12-9-10-13-24(23)37-25/h5,7,9-10,12-13,15,17,19-22,29,32,35H,6,8,11,14,16,18H2,1-4H3/t20?,21-,22-,29?/m1/s1. The van der Waals surface area contributed by atoms with Crippen molar-refractivity contribution in [3.05, 3.63) is 58.5 Å².